The largest absolute Gasteiger partial charge is 0.453 e. The number of hydrazine groups is 1. The number of benzene rings is 2. The van der Waals surface area contributed by atoms with Crippen molar-refractivity contribution in [1.82, 2.24) is 36.3 Å². The number of aromatic nitrogens is 1. The number of nitrogens with zero attached hydrogens (tertiary/aromatic N) is 5. The Kier molecular flexibility index (Phi) is 21.2. The van der Waals surface area contributed by atoms with Crippen molar-refractivity contribution in [2.45, 2.75) is 116 Å². The number of piperazine rings is 1. The molecule has 6 atom stereocenters. The fourth-order valence-electron chi connectivity index (χ4n) is 8.56. The maximum absolute atomic E-state index is 14.6. The third-order valence-electron chi connectivity index (χ3n) is 13.8. The van der Waals surface area contributed by atoms with Crippen molar-refractivity contribution < 1.29 is 73.6 Å². The van der Waals surface area contributed by atoms with E-state index in [0.717, 1.165) is 63.6 Å². The lowest BCUT2D eigenvalue weighted by atomic mass is 9.82. The molecule has 0 saturated carbocycles. The van der Waals surface area contributed by atoms with Gasteiger partial charge in [-0.1, -0.05) is 48.2 Å². The zero-order valence-corrected chi connectivity index (χ0v) is 44.7. The lowest BCUT2D eigenvalue weighted by Crippen LogP contribution is -2.63. The molecule has 3 heterocycles. The predicted molar refractivity (Wildman–Crippen MR) is 276 cm³/mol. The van der Waals surface area contributed by atoms with Gasteiger partial charge >= 0.3 is 31.1 Å². The van der Waals surface area contributed by atoms with Crippen LogP contribution >= 0.6 is 0 Å². The fourth-order valence-corrected chi connectivity index (χ4v) is 8.56. The number of amides is 4. The number of hydrogen-bond donors (Lipinski definition) is 6. The number of pyridine rings is 1. The molecule has 0 radical (unpaired) electrons. The highest BCUT2D eigenvalue weighted by molar-refractivity contribution is 5.87. The molecule has 3 aromatic rings. The summed E-state index contributed by atoms with van der Waals surface area (Å²) in [5.74, 6) is 4.04. The number of methoxy groups -OCH3 is 2. The number of carbonyl (C=O) groups is 4. The van der Waals surface area contributed by atoms with Crippen molar-refractivity contribution in [2.75, 3.05) is 52.0 Å². The molecule has 432 valence electrons. The van der Waals surface area contributed by atoms with Crippen LogP contribution in [0.4, 0.5) is 50.5 Å². The van der Waals surface area contributed by atoms with Crippen molar-refractivity contribution in [2.24, 2.45) is 21.6 Å². The smallest absolute Gasteiger partial charge is 0.407 e. The summed E-state index contributed by atoms with van der Waals surface area (Å²) >= 11 is 0. The van der Waals surface area contributed by atoms with E-state index in [-0.39, 0.29) is 23.7 Å². The van der Waals surface area contributed by atoms with Gasteiger partial charge in [0.25, 0.3) is 5.91 Å². The number of aliphatic hydroxyl groups excluding tert-OH is 1. The Morgan fingerprint density at radius 2 is 1.35 bits per heavy atom. The molecule has 0 spiro atoms. The van der Waals surface area contributed by atoms with Crippen molar-refractivity contribution in [1.29, 1.82) is 0 Å². The molecular formula is C53H66F8N10O8. The SMILES string of the molecule is COC(=O)N[C@H](C(=O)N[C@@H](Cc1ccc(C#Cc2ccc(N3C[C@@H](C)N(C4COC4)C[C@H]3C)nc2)cc1)[C@@H](O)CN(Cc1ccc(/C(N)=C/C=N/C(F)F)cc1)NC(=O)[C@@H](NC(=O)OC)C(C)(C)C(F)(F)F)C(C)(C)C(F)(F)F. The number of ether oxygens (including phenoxy) is 3. The van der Waals surface area contributed by atoms with Crippen LogP contribution in [0.25, 0.3) is 5.70 Å². The number of carbonyl (C=O) groups excluding carboxylic acids is 4. The van der Waals surface area contributed by atoms with Crippen LogP contribution in [0, 0.1) is 22.7 Å². The van der Waals surface area contributed by atoms with Gasteiger partial charge in [-0.25, -0.2) is 24.6 Å². The summed E-state index contributed by atoms with van der Waals surface area (Å²) in [6.07, 6.45) is -11.7. The number of allylic oxidation sites excluding steroid dienone is 1. The minimum absolute atomic E-state index is 0.00208. The predicted octanol–water partition coefficient (Wildman–Crippen LogP) is 5.92. The Hall–Kier alpha value is -7.08. The van der Waals surface area contributed by atoms with Crippen molar-refractivity contribution >= 4 is 41.7 Å². The molecule has 26 heteroatoms. The van der Waals surface area contributed by atoms with Crippen LogP contribution < -0.4 is 32.0 Å². The molecule has 2 aliphatic rings. The van der Waals surface area contributed by atoms with Crippen LogP contribution in [0.3, 0.4) is 0 Å². The number of nitrogens with one attached hydrogen (secondary N) is 4. The first-order valence-corrected chi connectivity index (χ1v) is 24.9. The Bertz CT molecular complexity index is 2680. The van der Waals surface area contributed by atoms with Crippen LogP contribution in [-0.4, -0.2) is 159 Å². The fraction of sp³-hybridized carbons (Fsp3) is 0.509. The van der Waals surface area contributed by atoms with E-state index >= 15 is 0 Å². The summed E-state index contributed by atoms with van der Waals surface area (Å²) in [4.78, 5) is 65.2. The van der Waals surface area contributed by atoms with E-state index in [9.17, 15) is 59.4 Å². The van der Waals surface area contributed by atoms with Gasteiger partial charge in [0.1, 0.15) is 17.9 Å². The highest BCUT2D eigenvalue weighted by Gasteiger charge is 2.57. The van der Waals surface area contributed by atoms with Crippen molar-refractivity contribution in [3.63, 3.8) is 0 Å². The summed E-state index contributed by atoms with van der Waals surface area (Å²) in [7, 11) is 1.72. The number of hydrogen-bond acceptors (Lipinski definition) is 14. The molecule has 79 heavy (non-hydrogen) atoms. The Morgan fingerprint density at radius 3 is 1.86 bits per heavy atom. The zero-order chi connectivity index (χ0) is 58.6. The maximum Gasteiger partial charge on any atom is 0.407 e. The standard InChI is InChI=1S/C53H66F8N10O8/c1-31-26-71(32(2)25-70(31)38-29-79-30-38)42-20-17-35(24-64-42)14-11-33-9-12-34(13-10-33)23-40(65-45(73)43(66-48(75)77-7)50(3,4)52(56,57)58)41(72)28-69(27-36-15-18-37(19-16-36)39(62)21-22-63-47(54)55)68-46(74)44(67-49(76)78-8)51(5,6)53(59,60)61/h9-10,12-13,15-22,24,31-32,38,40-41,43-44,47,72H,23,25-30,62H2,1-8H3,(H,65,73)(H,66,75)(H,67,76)(H,68,74)/b39-21-,63-22+/t31-,32-,40+,41+,43-,44-/m1/s1. The summed E-state index contributed by atoms with van der Waals surface area (Å²) in [6.45, 7) is 5.81. The molecule has 0 unspecified atom stereocenters. The number of alkyl carbamates (subject to hydrolysis) is 2. The number of halogens is 8. The van der Waals surface area contributed by atoms with Gasteiger partial charge < -0.3 is 45.9 Å². The van der Waals surface area contributed by atoms with Gasteiger partial charge in [-0.15, -0.1) is 0 Å². The van der Waals surface area contributed by atoms with Crippen molar-refractivity contribution in [3.05, 3.63) is 101 Å². The van der Waals surface area contributed by atoms with Gasteiger partial charge in [-0.05, 0) is 95.0 Å². The first-order chi connectivity index (χ1) is 36.9. The normalized spacial score (nSPS) is 18.4. The van der Waals surface area contributed by atoms with Gasteiger partial charge in [0, 0.05) is 67.5 Å². The number of alkyl halides is 8. The van der Waals surface area contributed by atoms with Crippen LogP contribution in [0.15, 0.2) is 77.9 Å². The first kappa shape index (κ1) is 62.8. The Balaban J connectivity index is 1.47. The quantitative estimate of drug-likeness (QED) is 0.0255. The van der Waals surface area contributed by atoms with Gasteiger partial charge in [-0.3, -0.25) is 19.9 Å². The second-order valence-electron chi connectivity index (χ2n) is 20.3. The Morgan fingerprint density at radius 1 is 0.810 bits per heavy atom. The van der Waals surface area contributed by atoms with E-state index in [1.807, 2.05) is 22.8 Å². The lowest BCUT2D eigenvalue weighted by molar-refractivity contribution is -0.221. The Labute approximate surface area is 452 Å². The third-order valence-corrected chi connectivity index (χ3v) is 13.8. The van der Waals surface area contributed by atoms with Gasteiger partial charge in [0.15, 0.2) is 0 Å². The highest BCUT2D eigenvalue weighted by atomic mass is 19.4. The summed E-state index contributed by atoms with van der Waals surface area (Å²) < 4.78 is 127. The number of anilines is 1. The molecule has 4 amide bonds. The molecule has 2 fully saturated rings. The monoisotopic (exact) mass is 1120 g/mol. The summed E-state index contributed by atoms with van der Waals surface area (Å²) in [6, 6.07) is 10.4. The van der Waals surface area contributed by atoms with Crippen LogP contribution in [0.5, 0.6) is 0 Å². The topological polar surface area (TPSA) is 225 Å². The van der Waals surface area contributed by atoms with Gasteiger partial charge in [-0.2, -0.15) is 35.1 Å². The minimum atomic E-state index is -5.11. The number of aliphatic imine (C=N–C) groups is 1. The molecule has 1 aromatic heterocycles. The molecule has 18 nitrogen and oxygen atoms in total. The van der Waals surface area contributed by atoms with Crippen molar-refractivity contribution in [3.8, 4) is 11.8 Å². The zero-order valence-electron chi connectivity index (χ0n) is 44.7. The summed E-state index contributed by atoms with van der Waals surface area (Å²) in [5, 5.41) is 19.3. The van der Waals surface area contributed by atoms with E-state index in [4.69, 9.17) is 10.5 Å². The van der Waals surface area contributed by atoms with E-state index in [1.54, 1.807) is 30.5 Å². The molecule has 2 aliphatic heterocycles. The molecular weight excluding hydrogens is 1060 g/mol. The van der Waals surface area contributed by atoms with Crippen LogP contribution in [0.2, 0.25) is 0 Å². The summed E-state index contributed by atoms with van der Waals surface area (Å²) in [5.41, 5.74) is 4.49. The second-order valence-corrected chi connectivity index (χ2v) is 20.3. The molecule has 2 saturated heterocycles. The number of nitrogens with two attached hydrogens (primary N) is 1. The van der Waals surface area contributed by atoms with Gasteiger partial charge in [0.05, 0.1) is 56.5 Å². The number of rotatable bonds is 20. The average molecular weight is 1120 g/mol. The van der Waals surface area contributed by atoms with Crippen LogP contribution in [-0.2, 0) is 36.8 Å². The van der Waals surface area contributed by atoms with Gasteiger partial charge in [0.2, 0.25) is 5.91 Å². The van der Waals surface area contributed by atoms with E-state index < -0.39 is 91.1 Å². The van der Waals surface area contributed by atoms with Crippen LogP contribution in [0.1, 0.15) is 69.4 Å². The lowest BCUT2D eigenvalue weighted by Gasteiger charge is -2.49. The molecule has 5 rings (SSSR count). The van der Waals surface area contributed by atoms with E-state index in [1.165, 1.54) is 24.3 Å². The molecule has 2 aromatic carbocycles. The first-order valence-electron chi connectivity index (χ1n) is 24.9. The van der Waals surface area contributed by atoms with E-state index in [2.05, 4.69) is 65.7 Å². The average Bonchev–Trinajstić information content (AvgIpc) is 3.39. The number of aliphatic hydroxyl groups is 1. The molecule has 0 aliphatic carbocycles. The maximum atomic E-state index is 14.6. The molecule has 0 bridgehead atoms. The third kappa shape index (κ3) is 16.7. The minimum Gasteiger partial charge on any atom is -0.453 e. The highest BCUT2D eigenvalue weighted by Crippen LogP contribution is 2.42. The molecule has 7 N–H and O–H groups in total. The second kappa shape index (κ2) is 26.7. The van der Waals surface area contributed by atoms with E-state index in [0.29, 0.717) is 62.0 Å².